The van der Waals surface area contributed by atoms with Gasteiger partial charge in [0.25, 0.3) is 0 Å². The van der Waals surface area contributed by atoms with E-state index in [0.29, 0.717) is 23.1 Å². The minimum absolute atomic E-state index is 0.130. The van der Waals surface area contributed by atoms with Crippen molar-refractivity contribution in [1.29, 1.82) is 0 Å². The van der Waals surface area contributed by atoms with Crippen molar-refractivity contribution < 1.29 is 4.79 Å². The van der Waals surface area contributed by atoms with E-state index in [1.54, 1.807) is 21.5 Å². The molecule has 1 N–H and O–H groups in total. The number of rotatable bonds is 5. The quantitative estimate of drug-likeness (QED) is 0.569. The molecule has 2 aromatic carbocycles. The molecule has 28 heavy (non-hydrogen) atoms. The van der Waals surface area contributed by atoms with Gasteiger partial charge in [-0.1, -0.05) is 12.1 Å². The Bertz CT molecular complexity index is 1200. The number of fused-ring (bicyclic) bond motifs is 1. The Morgan fingerprint density at radius 1 is 1.18 bits per heavy atom. The summed E-state index contributed by atoms with van der Waals surface area (Å²) in [4.78, 5) is 24.2. The summed E-state index contributed by atoms with van der Waals surface area (Å²) < 4.78 is 3.23. The van der Waals surface area contributed by atoms with Gasteiger partial charge in [-0.05, 0) is 53.2 Å². The second-order valence-electron chi connectivity index (χ2n) is 6.30. The van der Waals surface area contributed by atoms with Crippen molar-refractivity contribution in [2.45, 2.75) is 19.9 Å². The van der Waals surface area contributed by atoms with Crippen molar-refractivity contribution >= 4 is 22.5 Å². The highest BCUT2D eigenvalue weighted by Gasteiger charge is 2.09. The highest BCUT2D eigenvalue weighted by Crippen LogP contribution is 2.18. The van der Waals surface area contributed by atoms with E-state index in [9.17, 15) is 9.59 Å². The van der Waals surface area contributed by atoms with Crippen LogP contribution in [0.3, 0.4) is 0 Å². The lowest BCUT2D eigenvalue weighted by Gasteiger charge is -2.11. The van der Waals surface area contributed by atoms with Gasteiger partial charge in [-0.3, -0.25) is 14.3 Å². The van der Waals surface area contributed by atoms with Gasteiger partial charge in [0.1, 0.15) is 6.33 Å². The minimum atomic E-state index is -0.140. The maximum atomic E-state index is 12.4. The van der Waals surface area contributed by atoms with Gasteiger partial charge >= 0.3 is 0 Å². The summed E-state index contributed by atoms with van der Waals surface area (Å²) in [5.74, 6) is -0.140. The van der Waals surface area contributed by atoms with Crippen molar-refractivity contribution in [2.75, 3.05) is 5.32 Å². The Morgan fingerprint density at radius 2 is 2.04 bits per heavy atom. The lowest BCUT2D eigenvalue weighted by Crippen LogP contribution is -2.18. The van der Waals surface area contributed by atoms with Gasteiger partial charge in [-0.2, -0.15) is 5.10 Å². The average molecular weight is 375 g/mol. The first-order chi connectivity index (χ1) is 13.6. The second kappa shape index (κ2) is 7.39. The molecule has 0 saturated carbocycles. The van der Waals surface area contributed by atoms with Crippen molar-refractivity contribution in [3.63, 3.8) is 0 Å². The van der Waals surface area contributed by atoms with Crippen LogP contribution >= 0.6 is 0 Å². The molecular formula is C19H17N7O2. The fourth-order valence-corrected chi connectivity index (χ4v) is 3.03. The zero-order valence-electron chi connectivity index (χ0n) is 15.1. The number of aryl methyl sites for hydroxylation is 2. The molecule has 0 saturated heterocycles. The third-order valence-electron chi connectivity index (χ3n) is 4.39. The predicted octanol–water partition coefficient (Wildman–Crippen LogP) is 1.71. The van der Waals surface area contributed by atoms with Crippen LogP contribution in [0.5, 0.6) is 0 Å². The largest absolute Gasteiger partial charge is 0.326 e. The third-order valence-corrected chi connectivity index (χ3v) is 4.39. The van der Waals surface area contributed by atoms with Crippen molar-refractivity contribution in [1.82, 2.24) is 30.0 Å². The molecule has 0 aliphatic rings. The van der Waals surface area contributed by atoms with Gasteiger partial charge in [-0.25, -0.2) is 4.68 Å². The smallest absolute Gasteiger partial charge is 0.226 e. The van der Waals surface area contributed by atoms with Crippen LogP contribution in [-0.4, -0.2) is 35.9 Å². The first-order valence-corrected chi connectivity index (χ1v) is 8.70. The molecule has 0 aliphatic carbocycles. The van der Waals surface area contributed by atoms with E-state index >= 15 is 0 Å². The zero-order valence-corrected chi connectivity index (χ0v) is 15.1. The lowest BCUT2D eigenvalue weighted by atomic mass is 10.1. The van der Waals surface area contributed by atoms with Gasteiger partial charge in [-0.15, -0.1) is 5.10 Å². The van der Waals surface area contributed by atoms with E-state index in [0.717, 1.165) is 11.3 Å². The van der Waals surface area contributed by atoms with Crippen LogP contribution in [-0.2, 0) is 11.3 Å². The number of benzene rings is 2. The SMILES string of the molecule is Cc1cc(NC(=O)CCn2ncc(=O)c3ccccc32)ccc1-n1cnnn1. The summed E-state index contributed by atoms with van der Waals surface area (Å²) in [6.45, 7) is 2.29. The highest BCUT2D eigenvalue weighted by atomic mass is 16.1. The Hall–Kier alpha value is -3.88. The fourth-order valence-electron chi connectivity index (χ4n) is 3.03. The Labute approximate surface area is 159 Å². The van der Waals surface area contributed by atoms with Crippen molar-refractivity contribution in [3.8, 4) is 5.69 Å². The number of hydrogen-bond donors (Lipinski definition) is 1. The topological polar surface area (TPSA) is 108 Å². The van der Waals surface area contributed by atoms with Crippen LogP contribution in [0.4, 0.5) is 5.69 Å². The summed E-state index contributed by atoms with van der Waals surface area (Å²) in [7, 11) is 0. The number of carbonyl (C=O) groups excluding carboxylic acids is 1. The number of tetrazole rings is 1. The molecule has 0 spiro atoms. The molecule has 2 aromatic heterocycles. The van der Waals surface area contributed by atoms with Gasteiger partial charge in [0.2, 0.25) is 11.3 Å². The number of carbonyl (C=O) groups is 1. The molecule has 9 heteroatoms. The Kier molecular flexibility index (Phi) is 4.63. The molecule has 0 radical (unpaired) electrons. The number of amides is 1. The van der Waals surface area contributed by atoms with Crippen molar-refractivity contribution in [3.05, 3.63) is 70.8 Å². The summed E-state index contributed by atoms with van der Waals surface area (Å²) >= 11 is 0. The van der Waals surface area contributed by atoms with Gasteiger partial charge < -0.3 is 5.32 Å². The predicted molar refractivity (Wildman–Crippen MR) is 103 cm³/mol. The van der Waals surface area contributed by atoms with E-state index in [-0.39, 0.29) is 17.8 Å². The summed E-state index contributed by atoms with van der Waals surface area (Å²) in [5, 5.41) is 18.7. The first-order valence-electron chi connectivity index (χ1n) is 8.70. The minimum Gasteiger partial charge on any atom is -0.326 e. The molecule has 1 amide bonds. The third kappa shape index (κ3) is 3.50. The fraction of sp³-hybridized carbons (Fsp3) is 0.158. The number of aromatic nitrogens is 6. The van der Waals surface area contributed by atoms with Crippen LogP contribution in [0.15, 0.2) is 59.8 Å². The maximum absolute atomic E-state index is 12.4. The van der Waals surface area contributed by atoms with Gasteiger partial charge in [0, 0.05) is 17.5 Å². The Balaban J connectivity index is 1.45. The zero-order chi connectivity index (χ0) is 19.5. The van der Waals surface area contributed by atoms with E-state index < -0.39 is 0 Å². The molecule has 4 rings (SSSR count). The van der Waals surface area contributed by atoms with Crippen molar-refractivity contribution in [2.24, 2.45) is 0 Å². The van der Waals surface area contributed by atoms with E-state index in [2.05, 4.69) is 25.9 Å². The molecule has 4 aromatic rings. The van der Waals surface area contributed by atoms with Gasteiger partial charge in [0.05, 0.1) is 23.9 Å². The number of nitrogens with one attached hydrogen (secondary N) is 1. The lowest BCUT2D eigenvalue weighted by molar-refractivity contribution is -0.116. The molecule has 140 valence electrons. The highest BCUT2D eigenvalue weighted by molar-refractivity contribution is 5.91. The molecule has 0 aliphatic heterocycles. The monoisotopic (exact) mass is 375 g/mol. The first kappa shape index (κ1) is 17.5. The summed E-state index contributed by atoms with van der Waals surface area (Å²) in [5.41, 5.74) is 3.04. The number of para-hydroxylation sites is 1. The standard InChI is InChI=1S/C19H17N7O2/c1-13-10-14(6-7-16(13)26-12-20-23-24-26)22-19(28)8-9-25-17-5-3-2-4-15(17)18(27)11-21-25/h2-7,10-12H,8-9H2,1H3,(H,22,28). The second-order valence-corrected chi connectivity index (χ2v) is 6.30. The molecule has 0 fully saturated rings. The van der Waals surface area contributed by atoms with E-state index in [4.69, 9.17) is 0 Å². The molecule has 0 bridgehead atoms. The normalized spacial score (nSPS) is 10.9. The summed E-state index contributed by atoms with van der Waals surface area (Å²) in [6, 6.07) is 12.7. The van der Waals surface area contributed by atoms with Crippen LogP contribution in [0.25, 0.3) is 16.6 Å². The Morgan fingerprint density at radius 3 is 2.82 bits per heavy atom. The van der Waals surface area contributed by atoms with Crippen LogP contribution in [0, 0.1) is 6.92 Å². The van der Waals surface area contributed by atoms with Crippen LogP contribution in [0.1, 0.15) is 12.0 Å². The number of anilines is 1. The maximum Gasteiger partial charge on any atom is 0.226 e. The molecule has 2 heterocycles. The average Bonchev–Trinajstić information content (AvgIpc) is 3.22. The molecule has 0 unspecified atom stereocenters. The van der Waals surface area contributed by atoms with Gasteiger partial charge in [0.15, 0.2) is 0 Å². The van der Waals surface area contributed by atoms with Crippen LogP contribution in [0.2, 0.25) is 0 Å². The van der Waals surface area contributed by atoms with E-state index in [1.165, 1.54) is 12.5 Å². The number of nitrogens with zero attached hydrogens (tertiary/aromatic N) is 6. The van der Waals surface area contributed by atoms with E-state index in [1.807, 2.05) is 37.3 Å². The van der Waals surface area contributed by atoms with Crippen LogP contribution < -0.4 is 10.7 Å². The molecule has 9 nitrogen and oxygen atoms in total. The molecular weight excluding hydrogens is 358 g/mol. The molecule has 0 atom stereocenters. The summed E-state index contributed by atoms with van der Waals surface area (Å²) in [6.07, 6.45) is 3.03. The number of hydrogen-bond acceptors (Lipinski definition) is 6.